The summed E-state index contributed by atoms with van der Waals surface area (Å²) in [5.41, 5.74) is 4.33. The van der Waals surface area contributed by atoms with Crippen molar-refractivity contribution in [3.8, 4) is 11.5 Å². The first-order chi connectivity index (χ1) is 14.0. The van der Waals surface area contributed by atoms with E-state index >= 15 is 0 Å². The second kappa shape index (κ2) is 8.74. The number of pyridine rings is 1. The van der Waals surface area contributed by atoms with Crippen LogP contribution >= 0.6 is 12.2 Å². The average Bonchev–Trinajstić information content (AvgIpc) is 2.73. The standard InChI is InChI=1S/C21H22N4O3S/c1-4-25-17-8-6-5-7-16(17)19(26)18(20(25)27)13(2)23-24-21(29)22-14-9-11-15(28-3)12-10-14/h5-12,26H,4H2,1-3H3,(H2,22,24,29). The molecule has 0 spiro atoms. The van der Waals surface area contributed by atoms with Crippen LogP contribution in [-0.4, -0.2) is 27.6 Å². The Bertz CT molecular complexity index is 1140. The Morgan fingerprint density at radius 2 is 1.90 bits per heavy atom. The van der Waals surface area contributed by atoms with E-state index in [1.807, 2.05) is 37.3 Å². The Hall–Kier alpha value is -3.39. The van der Waals surface area contributed by atoms with Crippen molar-refractivity contribution in [1.82, 2.24) is 9.99 Å². The van der Waals surface area contributed by atoms with Crippen LogP contribution in [0.15, 0.2) is 58.4 Å². The lowest BCUT2D eigenvalue weighted by Gasteiger charge is -2.14. The largest absolute Gasteiger partial charge is 0.506 e. The molecule has 0 aliphatic rings. The smallest absolute Gasteiger partial charge is 0.263 e. The summed E-state index contributed by atoms with van der Waals surface area (Å²) in [5, 5.41) is 18.7. The molecular formula is C21H22N4O3S. The second-order valence-corrected chi connectivity index (χ2v) is 6.69. The van der Waals surface area contributed by atoms with Crippen LogP contribution in [0, 0.1) is 0 Å². The second-order valence-electron chi connectivity index (χ2n) is 6.28. The minimum absolute atomic E-state index is 0.0904. The predicted molar refractivity (Wildman–Crippen MR) is 120 cm³/mol. The SMILES string of the molecule is CCn1c(=O)c(C(C)=NNC(=S)Nc2ccc(OC)cc2)c(O)c2ccccc21. The van der Waals surface area contributed by atoms with Gasteiger partial charge in [0.15, 0.2) is 5.11 Å². The van der Waals surface area contributed by atoms with Crippen molar-refractivity contribution in [1.29, 1.82) is 0 Å². The molecule has 2 aromatic carbocycles. The van der Waals surface area contributed by atoms with Gasteiger partial charge in [0.25, 0.3) is 5.56 Å². The Morgan fingerprint density at radius 3 is 2.55 bits per heavy atom. The van der Waals surface area contributed by atoms with E-state index in [2.05, 4.69) is 15.8 Å². The number of fused-ring (bicyclic) bond motifs is 1. The van der Waals surface area contributed by atoms with Gasteiger partial charge in [0.1, 0.15) is 17.1 Å². The fraction of sp³-hybridized carbons (Fsp3) is 0.190. The molecule has 7 nitrogen and oxygen atoms in total. The van der Waals surface area contributed by atoms with Crippen LogP contribution in [0.2, 0.25) is 0 Å². The van der Waals surface area contributed by atoms with Gasteiger partial charge in [-0.25, -0.2) is 0 Å². The zero-order valence-electron chi connectivity index (χ0n) is 16.4. The third kappa shape index (κ3) is 4.22. The van der Waals surface area contributed by atoms with Crippen molar-refractivity contribution in [2.24, 2.45) is 5.10 Å². The van der Waals surface area contributed by atoms with Crippen LogP contribution in [0.4, 0.5) is 5.69 Å². The first-order valence-electron chi connectivity index (χ1n) is 9.06. The van der Waals surface area contributed by atoms with E-state index in [4.69, 9.17) is 17.0 Å². The lowest BCUT2D eigenvalue weighted by molar-refractivity contribution is 0.415. The first kappa shape index (κ1) is 20.3. The van der Waals surface area contributed by atoms with Gasteiger partial charge in [-0.3, -0.25) is 10.2 Å². The van der Waals surface area contributed by atoms with Gasteiger partial charge in [-0.1, -0.05) is 12.1 Å². The molecule has 0 aliphatic carbocycles. The lowest BCUT2D eigenvalue weighted by Crippen LogP contribution is -2.29. The highest BCUT2D eigenvalue weighted by molar-refractivity contribution is 7.80. The summed E-state index contributed by atoms with van der Waals surface area (Å²) < 4.78 is 6.73. The molecule has 0 amide bonds. The van der Waals surface area contributed by atoms with E-state index < -0.39 is 0 Å². The maximum absolute atomic E-state index is 12.9. The topological polar surface area (TPSA) is 87.9 Å². The molecule has 0 radical (unpaired) electrons. The van der Waals surface area contributed by atoms with E-state index in [1.54, 1.807) is 36.8 Å². The molecule has 8 heteroatoms. The number of thiocarbonyl (C=S) groups is 1. The summed E-state index contributed by atoms with van der Waals surface area (Å²) in [6.45, 7) is 4.01. The van der Waals surface area contributed by atoms with E-state index in [9.17, 15) is 9.90 Å². The molecule has 0 unspecified atom stereocenters. The van der Waals surface area contributed by atoms with E-state index in [1.165, 1.54) is 0 Å². The number of rotatable bonds is 5. The van der Waals surface area contributed by atoms with Gasteiger partial charge in [-0.05, 0) is 62.5 Å². The Balaban J connectivity index is 1.86. The number of benzene rings is 2. The Kier molecular flexibility index (Phi) is 6.13. The Labute approximate surface area is 173 Å². The van der Waals surface area contributed by atoms with Crippen molar-refractivity contribution < 1.29 is 9.84 Å². The maximum atomic E-state index is 12.9. The zero-order chi connectivity index (χ0) is 21.0. The molecule has 0 atom stereocenters. The van der Waals surface area contributed by atoms with Gasteiger partial charge in [0.05, 0.1) is 18.3 Å². The minimum Gasteiger partial charge on any atom is -0.506 e. The highest BCUT2D eigenvalue weighted by Crippen LogP contribution is 2.26. The molecule has 0 aliphatic heterocycles. The number of nitrogens with zero attached hydrogens (tertiary/aromatic N) is 2. The molecule has 0 saturated carbocycles. The molecule has 150 valence electrons. The van der Waals surface area contributed by atoms with Gasteiger partial charge >= 0.3 is 0 Å². The van der Waals surface area contributed by atoms with Crippen molar-refractivity contribution in [2.75, 3.05) is 12.4 Å². The third-order valence-electron chi connectivity index (χ3n) is 4.50. The third-order valence-corrected chi connectivity index (χ3v) is 4.69. The van der Waals surface area contributed by atoms with Crippen molar-refractivity contribution >= 4 is 39.6 Å². The fourth-order valence-corrected chi connectivity index (χ4v) is 3.22. The molecule has 0 bridgehead atoms. The molecule has 1 heterocycles. The summed E-state index contributed by atoms with van der Waals surface area (Å²) in [5.74, 6) is 0.648. The number of hydrogen-bond acceptors (Lipinski definition) is 5. The molecule has 0 fully saturated rings. The van der Waals surface area contributed by atoms with Gasteiger partial charge in [-0.15, -0.1) is 0 Å². The predicted octanol–water partition coefficient (Wildman–Crippen LogP) is 3.45. The van der Waals surface area contributed by atoms with Crippen LogP contribution in [0.5, 0.6) is 11.5 Å². The lowest BCUT2D eigenvalue weighted by atomic mass is 10.1. The van der Waals surface area contributed by atoms with Crippen LogP contribution in [0.1, 0.15) is 19.4 Å². The summed E-state index contributed by atoms with van der Waals surface area (Å²) >= 11 is 5.25. The molecule has 3 rings (SSSR count). The number of aromatic nitrogens is 1. The zero-order valence-corrected chi connectivity index (χ0v) is 17.2. The highest BCUT2D eigenvalue weighted by atomic mass is 32.1. The molecule has 29 heavy (non-hydrogen) atoms. The first-order valence-corrected chi connectivity index (χ1v) is 9.47. The number of anilines is 1. The van der Waals surface area contributed by atoms with Crippen molar-refractivity contribution in [3.63, 3.8) is 0 Å². The van der Waals surface area contributed by atoms with Gasteiger partial charge in [0, 0.05) is 17.6 Å². The quantitative estimate of drug-likeness (QED) is 0.339. The van der Waals surface area contributed by atoms with Crippen molar-refractivity contribution in [2.45, 2.75) is 20.4 Å². The van der Waals surface area contributed by atoms with E-state index in [-0.39, 0.29) is 22.0 Å². The molecular weight excluding hydrogens is 388 g/mol. The summed E-state index contributed by atoms with van der Waals surface area (Å²) in [4.78, 5) is 12.9. The highest BCUT2D eigenvalue weighted by Gasteiger charge is 2.17. The maximum Gasteiger partial charge on any atom is 0.263 e. The number of hydrazone groups is 1. The number of nitrogens with one attached hydrogen (secondary N) is 2. The monoisotopic (exact) mass is 410 g/mol. The van der Waals surface area contributed by atoms with Gasteiger partial charge in [-0.2, -0.15) is 5.10 Å². The molecule has 3 aromatic rings. The van der Waals surface area contributed by atoms with Gasteiger partial charge < -0.3 is 19.7 Å². The normalized spacial score (nSPS) is 11.3. The van der Waals surface area contributed by atoms with E-state index in [0.717, 1.165) is 11.4 Å². The molecule has 1 aromatic heterocycles. The van der Waals surface area contributed by atoms with Crippen molar-refractivity contribution in [3.05, 3.63) is 64.4 Å². The number of ether oxygens (including phenoxy) is 1. The minimum atomic E-state index is -0.305. The van der Waals surface area contributed by atoms with Gasteiger partial charge in [0.2, 0.25) is 0 Å². The van der Waals surface area contributed by atoms with E-state index in [0.29, 0.717) is 23.2 Å². The number of para-hydroxylation sites is 1. The summed E-state index contributed by atoms with van der Waals surface area (Å²) in [7, 11) is 1.60. The summed E-state index contributed by atoms with van der Waals surface area (Å²) in [6.07, 6.45) is 0. The Morgan fingerprint density at radius 1 is 1.21 bits per heavy atom. The molecule has 3 N–H and O–H groups in total. The summed E-state index contributed by atoms with van der Waals surface area (Å²) in [6, 6.07) is 14.5. The number of aromatic hydroxyl groups is 1. The van der Waals surface area contributed by atoms with Crippen LogP contribution in [-0.2, 0) is 6.54 Å². The average molecular weight is 410 g/mol. The van der Waals surface area contributed by atoms with Crippen LogP contribution in [0.3, 0.4) is 0 Å². The van der Waals surface area contributed by atoms with Crippen LogP contribution < -0.4 is 21.0 Å². The fourth-order valence-electron chi connectivity index (χ4n) is 3.05. The number of aryl methyl sites for hydroxylation is 1. The number of hydrogen-bond donors (Lipinski definition) is 3. The number of methoxy groups -OCH3 is 1. The van der Waals surface area contributed by atoms with Crippen LogP contribution in [0.25, 0.3) is 10.9 Å². The molecule has 0 saturated heterocycles.